The van der Waals surface area contributed by atoms with Crippen molar-refractivity contribution in [2.45, 2.75) is 102 Å². The summed E-state index contributed by atoms with van der Waals surface area (Å²) in [6.45, 7) is 14.0. The Bertz CT molecular complexity index is 2180. The van der Waals surface area contributed by atoms with Crippen LogP contribution in [0.4, 0.5) is 4.79 Å². The van der Waals surface area contributed by atoms with Gasteiger partial charge >= 0.3 is 6.09 Å². The highest BCUT2D eigenvalue weighted by Gasteiger charge is 2.62. The molecule has 1 aliphatic heterocycles. The molecule has 5 atom stereocenters. The van der Waals surface area contributed by atoms with E-state index < -0.39 is 85.6 Å². The zero-order valence-corrected chi connectivity index (χ0v) is 33.4. The summed E-state index contributed by atoms with van der Waals surface area (Å²) >= 11 is 0. The van der Waals surface area contributed by atoms with Gasteiger partial charge in [0.05, 0.1) is 22.0 Å². The predicted molar refractivity (Wildman–Crippen MR) is 210 cm³/mol. The van der Waals surface area contributed by atoms with Crippen LogP contribution in [-0.2, 0) is 29.1 Å². The van der Waals surface area contributed by atoms with Gasteiger partial charge in [0.25, 0.3) is 11.8 Å². The molecule has 2 aliphatic carbocycles. The molecule has 3 aromatic rings. The molecule has 3 fully saturated rings. The van der Waals surface area contributed by atoms with E-state index in [9.17, 15) is 32.4 Å². The second-order valence-electron chi connectivity index (χ2n) is 17.0. The highest BCUT2D eigenvalue weighted by Crippen LogP contribution is 2.45. The molecule has 5 amide bonds. The van der Waals surface area contributed by atoms with Crippen LogP contribution in [0, 0.1) is 11.3 Å². The second kappa shape index (κ2) is 15.0. The van der Waals surface area contributed by atoms with Crippen LogP contribution < -0.4 is 20.7 Å². The fourth-order valence-corrected chi connectivity index (χ4v) is 8.44. The molecule has 2 heterocycles. The molecule has 298 valence electrons. The van der Waals surface area contributed by atoms with Crippen LogP contribution in [0.2, 0.25) is 0 Å². The summed E-state index contributed by atoms with van der Waals surface area (Å²) in [5.41, 5.74) is -0.959. The lowest BCUT2D eigenvalue weighted by atomic mass is 9.85. The van der Waals surface area contributed by atoms with Gasteiger partial charge in [0.2, 0.25) is 21.8 Å². The van der Waals surface area contributed by atoms with E-state index in [0.29, 0.717) is 35.0 Å². The fourth-order valence-electron chi connectivity index (χ4n) is 7.07. The van der Waals surface area contributed by atoms with Crippen LogP contribution in [0.15, 0.2) is 73.3 Å². The number of carbonyl (C=O) groups is 5. The largest absolute Gasteiger partial charge is 0.444 e. The summed E-state index contributed by atoms with van der Waals surface area (Å²) in [4.78, 5) is 75.7. The monoisotopic (exact) mass is 786 g/mol. The van der Waals surface area contributed by atoms with Gasteiger partial charge in [-0.3, -0.25) is 23.9 Å². The maximum Gasteiger partial charge on any atom is 0.408 e. The zero-order chi connectivity index (χ0) is 40.8. The van der Waals surface area contributed by atoms with Crippen molar-refractivity contribution in [2.75, 3.05) is 6.54 Å². The number of carbonyl (C=O) groups excluding carboxylic acids is 5. The van der Waals surface area contributed by atoms with Crippen molar-refractivity contribution >= 4 is 50.6 Å². The standard InChI is InChI=1S/C41H50N6O8S/c1-8-25-22-41(25,37(51)46-56(53,54)27-18-19-27)45-35(49)32-20-26(23-47(32)36(50)33(39(2,3)4)44-38(52)55-40(5,6)7)42-34(48)29-21-31(24-14-10-9-11-15-24)43-30-17-13-12-16-28(29)30/h8-17,21,25-27,32-33H,1,18-20,22-23H2,2-7H3,(H,42,48)(H,44,52)(H,45,49)(H,46,51)/t25?,26?,32-,33+,41?/m0/s1. The fraction of sp³-hybridized carbons (Fsp3) is 0.463. The minimum Gasteiger partial charge on any atom is -0.444 e. The zero-order valence-electron chi connectivity index (χ0n) is 32.5. The van der Waals surface area contributed by atoms with Crippen LogP contribution >= 0.6 is 0 Å². The van der Waals surface area contributed by atoms with Gasteiger partial charge in [-0.1, -0.05) is 75.4 Å². The molecule has 2 aromatic carbocycles. The molecule has 56 heavy (non-hydrogen) atoms. The Kier molecular flexibility index (Phi) is 10.8. The number of rotatable bonds is 11. The van der Waals surface area contributed by atoms with Gasteiger partial charge < -0.3 is 25.6 Å². The SMILES string of the molecule is C=CC1CC1(NC(=O)[C@@H]1CC(NC(=O)c2cc(-c3ccccc3)nc3ccccc23)CN1C(=O)[C@@H](NC(=O)OC(C)(C)C)C(C)(C)C)C(=O)NS(=O)(=O)C1CC1. The van der Waals surface area contributed by atoms with Crippen molar-refractivity contribution < 1.29 is 37.1 Å². The van der Waals surface area contributed by atoms with E-state index in [1.165, 1.54) is 11.0 Å². The van der Waals surface area contributed by atoms with Crippen LogP contribution in [0.3, 0.4) is 0 Å². The van der Waals surface area contributed by atoms with E-state index in [0.717, 1.165) is 5.56 Å². The van der Waals surface area contributed by atoms with Crippen molar-refractivity contribution in [3.63, 3.8) is 0 Å². The number of ether oxygens (including phenoxy) is 1. The maximum atomic E-state index is 14.6. The topological polar surface area (TPSA) is 193 Å². The van der Waals surface area contributed by atoms with Gasteiger partial charge in [-0.25, -0.2) is 18.2 Å². The highest BCUT2D eigenvalue weighted by atomic mass is 32.2. The summed E-state index contributed by atoms with van der Waals surface area (Å²) < 4.78 is 33.1. The van der Waals surface area contributed by atoms with E-state index in [-0.39, 0.29) is 19.4 Å². The number of nitrogens with one attached hydrogen (secondary N) is 4. The predicted octanol–water partition coefficient (Wildman–Crippen LogP) is 4.21. The Hall–Kier alpha value is -5.31. The van der Waals surface area contributed by atoms with Gasteiger partial charge in [0, 0.05) is 29.5 Å². The molecule has 0 spiro atoms. The molecular formula is C41H50N6O8S. The number of fused-ring (bicyclic) bond motifs is 1. The molecule has 14 nitrogen and oxygen atoms in total. The first kappa shape index (κ1) is 40.4. The lowest BCUT2D eigenvalue weighted by molar-refractivity contribution is -0.143. The number of para-hydroxylation sites is 1. The molecule has 1 saturated heterocycles. The Balaban J connectivity index is 1.31. The number of aromatic nitrogens is 1. The van der Waals surface area contributed by atoms with Crippen molar-refractivity contribution in [3.8, 4) is 11.3 Å². The Labute approximate surface area is 327 Å². The number of nitrogens with zero attached hydrogens (tertiary/aromatic N) is 2. The van der Waals surface area contributed by atoms with Crippen molar-refractivity contribution in [2.24, 2.45) is 11.3 Å². The summed E-state index contributed by atoms with van der Waals surface area (Å²) in [7, 11) is -3.93. The molecule has 1 aromatic heterocycles. The number of pyridine rings is 1. The normalized spacial score (nSPS) is 22.8. The smallest absolute Gasteiger partial charge is 0.408 e. The first-order valence-corrected chi connectivity index (χ1v) is 20.3. The van der Waals surface area contributed by atoms with Gasteiger partial charge in [-0.2, -0.15) is 0 Å². The molecule has 2 saturated carbocycles. The molecule has 3 unspecified atom stereocenters. The van der Waals surface area contributed by atoms with Crippen LogP contribution in [0.1, 0.15) is 77.6 Å². The van der Waals surface area contributed by atoms with Gasteiger partial charge in [-0.15, -0.1) is 6.58 Å². The summed E-state index contributed by atoms with van der Waals surface area (Å²) in [5, 5.41) is 8.43. The number of likely N-dealkylation sites (tertiary alicyclic amines) is 1. The summed E-state index contributed by atoms with van der Waals surface area (Å²) in [6, 6.07) is 15.2. The van der Waals surface area contributed by atoms with Gasteiger partial charge in [0.15, 0.2) is 0 Å². The lowest BCUT2D eigenvalue weighted by Crippen LogP contribution is -2.60. The third-order valence-corrected chi connectivity index (χ3v) is 12.1. The summed E-state index contributed by atoms with van der Waals surface area (Å²) in [5.74, 6) is -3.21. The molecule has 0 bridgehead atoms. The van der Waals surface area contributed by atoms with Crippen molar-refractivity contribution in [1.82, 2.24) is 30.6 Å². The number of sulfonamides is 1. The number of hydrogen-bond donors (Lipinski definition) is 4. The first-order valence-electron chi connectivity index (χ1n) is 18.8. The average Bonchev–Trinajstić information content (AvgIpc) is 4.06. The molecular weight excluding hydrogens is 737 g/mol. The van der Waals surface area contributed by atoms with E-state index >= 15 is 0 Å². The quantitative estimate of drug-likeness (QED) is 0.206. The third-order valence-electron chi connectivity index (χ3n) is 10.3. The maximum absolute atomic E-state index is 14.6. The Morgan fingerprint density at radius 1 is 0.982 bits per heavy atom. The van der Waals surface area contributed by atoms with E-state index in [2.05, 4.69) is 27.3 Å². The minimum absolute atomic E-state index is 0.0437. The lowest BCUT2D eigenvalue weighted by Gasteiger charge is -2.36. The molecule has 6 rings (SSSR count). The highest BCUT2D eigenvalue weighted by molar-refractivity contribution is 7.91. The van der Waals surface area contributed by atoms with Crippen LogP contribution in [-0.4, -0.2) is 89.1 Å². The Morgan fingerprint density at radius 3 is 2.25 bits per heavy atom. The molecule has 15 heteroatoms. The van der Waals surface area contributed by atoms with E-state index in [1.807, 2.05) is 42.5 Å². The van der Waals surface area contributed by atoms with Gasteiger partial charge in [0.1, 0.15) is 23.2 Å². The number of alkyl carbamates (subject to hydrolysis) is 1. The number of amides is 5. The first-order chi connectivity index (χ1) is 26.2. The third kappa shape index (κ3) is 8.72. The number of benzene rings is 2. The molecule has 4 N–H and O–H groups in total. The Morgan fingerprint density at radius 2 is 1.64 bits per heavy atom. The van der Waals surface area contributed by atoms with E-state index in [4.69, 9.17) is 9.72 Å². The van der Waals surface area contributed by atoms with Crippen molar-refractivity contribution in [3.05, 3.63) is 78.9 Å². The number of hydrogen-bond acceptors (Lipinski definition) is 9. The van der Waals surface area contributed by atoms with Crippen LogP contribution in [0.25, 0.3) is 22.2 Å². The summed E-state index contributed by atoms with van der Waals surface area (Å²) in [6.07, 6.45) is 1.60. The minimum atomic E-state index is -3.93. The average molecular weight is 787 g/mol. The molecule has 0 radical (unpaired) electrons. The second-order valence-corrected chi connectivity index (χ2v) is 18.9. The van der Waals surface area contributed by atoms with E-state index in [1.54, 1.807) is 59.7 Å². The molecule has 3 aliphatic rings. The van der Waals surface area contributed by atoms with Gasteiger partial charge in [-0.05, 0) is 64.0 Å². The van der Waals surface area contributed by atoms with Crippen molar-refractivity contribution in [1.29, 1.82) is 0 Å². The van der Waals surface area contributed by atoms with Crippen LogP contribution in [0.5, 0.6) is 0 Å².